The molecule has 0 heterocycles. The molecule has 184 valence electrons. The molecule has 0 saturated heterocycles. The molecule has 0 aliphatic carbocycles. The molecule has 0 amide bonds. The normalized spacial score (nSPS) is 10.4. The Morgan fingerprint density at radius 2 is 1.51 bits per heavy atom. The van der Waals surface area contributed by atoms with Gasteiger partial charge in [0.15, 0.2) is 16.6 Å². The minimum Gasteiger partial charge on any atom is -0.495 e. The average Bonchev–Trinajstić information content (AvgIpc) is 2.85. The molecule has 0 spiro atoms. The molecule has 0 bridgehead atoms. The molecule has 3 aromatic carbocycles. The zero-order valence-electron chi connectivity index (χ0n) is 19.9. The Balaban J connectivity index is 1.91. The number of anilines is 1. The molecule has 2 N–H and O–H groups in total. The number of halogens is 1. The van der Waals surface area contributed by atoms with E-state index in [1.807, 2.05) is 36.1 Å². The third kappa shape index (κ3) is 6.55. The van der Waals surface area contributed by atoms with Crippen LogP contribution >= 0.6 is 23.8 Å². The molecule has 35 heavy (non-hydrogen) atoms. The predicted octanol–water partition coefficient (Wildman–Crippen LogP) is 5.77. The minimum absolute atomic E-state index is 0.224. The summed E-state index contributed by atoms with van der Waals surface area (Å²) in [5.74, 6) is 0.847. The van der Waals surface area contributed by atoms with Gasteiger partial charge in [0.25, 0.3) is 0 Å². The van der Waals surface area contributed by atoms with Gasteiger partial charge in [0.1, 0.15) is 5.75 Å². The molecule has 0 fully saturated rings. The van der Waals surface area contributed by atoms with Crippen LogP contribution in [0.5, 0.6) is 17.2 Å². The number of nitrogens with zero attached hydrogens (tertiary/aromatic N) is 1. The lowest BCUT2D eigenvalue weighted by atomic mass is 10.1. The van der Waals surface area contributed by atoms with E-state index >= 15 is 0 Å². The van der Waals surface area contributed by atoms with E-state index in [0.29, 0.717) is 46.2 Å². The van der Waals surface area contributed by atoms with E-state index in [4.69, 9.17) is 38.0 Å². The standard InChI is InChI=1S/C26H27ClN2O5S/c1-16-11-21(23(33-3)13-20(16)27)28-26(35)29(14-17-5-8-19(9-6-17)25(30)31)15-18-7-10-22(32-2)24(12-18)34-4/h5-13H,14-15H2,1-4H3,(H,28,35)(H,30,31). The van der Waals surface area contributed by atoms with Crippen LogP contribution in [0.2, 0.25) is 5.02 Å². The Labute approximate surface area is 215 Å². The van der Waals surface area contributed by atoms with Gasteiger partial charge in [-0.1, -0.05) is 29.8 Å². The zero-order chi connectivity index (χ0) is 25.5. The van der Waals surface area contributed by atoms with Crippen molar-refractivity contribution in [2.45, 2.75) is 20.0 Å². The molecule has 7 nitrogen and oxygen atoms in total. The number of carboxylic acids is 1. The Morgan fingerprint density at radius 3 is 2.11 bits per heavy atom. The lowest BCUT2D eigenvalue weighted by Gasteiger charge is -2.27. The van der Waals surface area contributed by atoms with E-state index < -0.39 is 5.97 Å². The van der Waals surface area contributed by atoms with E-state index in [1.54, 1.807) is 51.7 Å². The third-order valence-corrected chi connectivity index (χ3v) is 6.17. The van der Waals surface area contributed by atoms with Gasteiger partial charge >= 0.3 is 5.97 Å². The largest absolute Gasteiger partial charge is 0.495 e. The molecule has 0 saturated carbocycles. The maximum Gasteiger partial charge on any atom is 0.335 e. The first kappa shape index (κ1) is 26.1. The highest BCUT2D eigenvalue weighted by Crippen LogP contribution is 2.32. The number of aryl methyl sites for hydroxylation is 1. The quantitative estimate of drug-likeness (QED) is 0.348. The van der Waals surface area contributed by atoms with Gasteiger partial charge in [-0.15, -0.1) is 0 Å². The van der Waals surface area contributed by atoms with Crippen molar-refractivity contribution in [1.29, 1.82) is 0 Å². The number of carbonyl (C=O) groups is 1. The van der Waals surface area contributed by atoms with Gasteiger partial charge in [0.05, 0.1) is 32.6 Å². The lowest BCUT2D eigenvalue weighted by Crippen LogP contribution is -2.34. The molecule has 0 atom stereocenters. The van der Waals surface area contributed by atoms with Crippen LogP contribution in [0.3, 0.4) is 0 Å². The number of carboxylic acid groups (broad SMARTS) is 1. The van der Waals surface area contributed by atoms with Crippen LogP contribution in [-0.2, 0) is 13.1 Å². The van der Waals surface area contributed by atoms with Crippen LogP contribution in [0.1, 0.15) is 27.0 Å². The predicted molar refractivity (Wildman–Crippen MR) is 141 cm³/mol. The number of ether oxygens (including phenoxy) is 3. The summed E-state index contributed by atoms with van der Waals surface area (Å²) in [7, 11) is 4.75. The zero-order valence-corrected chi connectivity index (χ0v) is 21.5. The van der Waals surface area contributed by atoms with Crippen molar-refractivity contribution in [3.63, 3.8) is 0 Å². The smallest absolute Gasteiger partial charge is 0.335 e. The summed E-state index contributed by atoms with van der Waals surface area (Å²) >= 11 is 12.0. The van der Waals surface area contributed by atoms with Crippen LogP contribution in [0, 0.1) is 6.92 Å². The van der Waals surface area contributed by atoms with Crippen LogP contribution in [-0.4, -0.2) is 42.4 Å². The molecule has 0 unspecified atom stereocenters. The molecular formula is C26H27ClN2O5S. The summed E-state index contributed by atoms with van der Waals surface area (Å²) in [6, 6.07) is 16.0. The van der Waals surface area contributed by atoms with E-state index in [-0.39, 0.29) is 5.56 Å². The van der Waals surface area contributed by atoms with Crippen molar-refractivity contribution in [1.82, 2.24) is 4.90 Å². The van der Waals surface area contributed by atoms with Gasteiger partial charge in [0.2, 0.25) is 0 Å². The highest BCUT2D eigenvalue weighted by atomic mass is 35.5. The highest BCUT2D eigenvalue weighted by Gasteiger charge is 2.16. The highest BCUT2D eigenvalue weighted by molar-refractivity contribution is 7.80. The fourth-order valence-corrected chi connectivity index (χ4v) is 3.89. The summed E-state index contributed by atoms with van der Waals surface area (Å²) in [6.07, 6.45) is 0. The Morgan fingerprint density at radius 1 is 0.914 bits per heavy atom. The number of thiocarbonyl (C=S) groups is 1. The summed E-state index contributed by atoms with van der Waals surface area (Å²) in [4.78, 5) is 13.2. The van der Waals surface area contributed by atoms with Crippen molar-refractivity contribution >= 4 is 40.6 Å². The van der Waals surface area contributed by atoms with Crippen molar-refractivity contribution in [3.8, 4) is 17.2 Å². The Bertz CT molecular complexity index is 1220. The number of hydrogen-bond donors (Lipinski definition) is 2. The first-order valence-electron chi connectivity index (χ1n) is 10.7. The number of hydrogen-bond acceptors (Lipinski definition) is 5. The van der Waals surface area contributed by atoms with Crippen molar-refractivity contribution < 1.29 is 24.1 Å². The maximum absolute atomic E-state index is 11.2. The van der Waals surface area contributed by atoms with Gasteiger partial charge in [-0.3, -0.25) is 0 Å². The second-order valence-electron chi connectivity index (χ2n) is 7.78. The van der Waals surface area contributed by atoms with Crippen molar-refractivity contribution in [2.24, 2.45) is 0 Å². The molecule has 0 aromatic heterocycles. The van der Waals surface area contributed by atoms with Crippen molar-refractivity contribution in [2.75, 3.05) is 26.6 Å². The molecular weight excluding hydrogens is 488 g/mol. The Kier molecular flexibility index (Phi) is 8.78. The number of nitrogens with one attached hydrogen (secondary N) is 1. The number of rotatable bonds is 9. The van der Waals surface area contributed by atoms with E-state index in [9.17, 15) is 9.90 Å². The molecule has 9 heteroatoms. The second kappa shape index (κ2) is 11.8. The van der Waals surface area contributed by atoms with Gasteiger partial charge < -0.3 is 29.5 Å². The summed E-state index contributed by atoms with van der Waals surface area (Å²) < 4.78 is 16.3. The third-order valence-electron chi connectivity index (χ3n) is 5.41. The first-order chi connectivity index (χ1) is 16.7. The second-order valence-corrected chi connectivity index (χ2v) is 8.57. The lowest BCUT2D eigenvalue weighted by molar-refractivity contribution is 0.0697. The Hall–Kier alpha value is -3.49. The van der Waals surface area contributed by atoms with Crippen LogP contribution in [0.4, 0.5) is 5.69 Å². The fraction of sp³-hybridized carbons (Fsp3) is 0.231. The SMILES string of the molecule is COc1cc(Cl)c(C)cc1NC(=S)N(Cc1ccc(C(=O)O)cc1)Cc1ccc(OC)c(OC)c1. The summed E-state index contributed by atoms with van der Waals surface area (Å²) in [6.45, 7) is 2.80. The monoisotopic (exact) mass is 514 g/mol. The van der Waals surface area contributed by atoms with Gasteiger partial charge in [-0.2, -0.15) is 0 Å². The van der Waals surface area contributed by atoms with E-state index in [2.05, 4.69) is 5.32 Å². The van der Waals surface area contributed by atoms with Crippen LogP contribution < -0.4 is 19.5 Å². The number of methoxy groups -OCH3 is 3. The maximum atomic E-state index is 11.2. The average molecular weight is 515 g/mol. The van der Waals surface area contributed by atoms with Gasteiger partial charge in [-0.25, -0.2) is 4.79 Å². The number of aromatic carboxylic acids is 1. The minimum atomic E-state index is -0.971. The van der Waals surface area contributed by atoms with E-state index in [1.165, 1.54) is 0 Å². The topological polar surface area (TPSA) is 80.3 Å². The molecule has 0 aliphatic rings. The fourth-order valence-electron chi connectivity index (χ4n) is 3.50. The molecule has 0 aliphatic heterocycles. The van der Waals surface area contributed by atoms with Crippen LogP contribution in [0.15, 0.2) is 54.6 Å². The molecule has 3 rings (SSSR count). The van der Waals surface area contributed by atoms with Gasteiger partial charge in [0, 0.05) is 24.2 Å². The van der Waals surface area contributed by atoms with Crippen LogP contribution in [0.25, 0.3) is 0 Å². The van der Waals surface area contributed by atoms with E-state index in [0.717, 1.165) is 16.7 Å². The summed E-state index contributed by atoms with van der Waals surface area (Å²) in [5, 5.41) is 13.5. The number of benzene rings is 3. The summed E-state index contributed by atoms with van der Waals surface area (Å²) in [5.41, 5.74) is 3.65. The molecule has 0 radical (unpaired) electrons. The molecule has 3 aromatic rings. The van der Waals surface area contributed by atoms with Gasteiger partial charge in [-0.05, 0) is 66.2 Å². The van der Waals surface area contributed by atoms with Crippen molar-refractivity contribution in [3.05, 3.63) is 81.9 Å². The first-order valence-corrected chi connectivity index (χ1v) is 11.5.